The lowest BCUT2D eigenvalue weighted by Crippen LogP contribution is -2.55. The molecule has 0 saturated heterocycles. The second kappa shape index (κ2) is 9.82. The molecular formula is C49H41NO. The molecule has 6 aromatic carbocycles. The normalized spacial score (nSPS) is 25.7. The van der Waals surface area contributed by atoms with Crippen LogP contribution in [0.3, 0.4) is 0 Å². The summed E-state index contributed by atoms with van der Waals surface area (Å²) in [6.45, 7) is 4.79. The van der Waals surface area contributed by atoms with Crippen LogP contribution in [0.25, 0.3) is 44.2 Å². The first-order valence-electron chi connectivity index (χ1n) is 19.2. The predicted octanol–water partition coefficient (Wildman–Crippen LogP) is 13.1. The lowest BCUT2D eigenvalue weighted by molar-refractivity contribution is -0.0397. The molecule has 0 N–H and O–H groups in total. The molecule has 1 spiro atoms. The van der Waals surface area contributed by atoms with Gasteiger partial charge in [0.05, 0.1) is 5.69 Å². The summed E-state index contributed by atoms with van der Waals surface area (Å²) in [5.74, 6) is 3.17. The molecule has 2 nitrogen and oxygen atoms in total. The second-order valence-corrected chi connectivity index (χ2v) is 16.9. The van der Waals surface area contributed by atoms with Gasteiger partial charge in [-0.1, -0.05) is 98.8 Å². The minimum absolute atomic E-state index is 0.0455. The monoisotopic (exact) mass is 659 g/mol. The molecule has 0 radical (unpaired) electrons. The Morgan fingerprint density at radius 3 is 1.92 bits per heavy atom. The van der Waals surface area contributed by atoms with Crippen molar-refractivity contribution in [1.29, 1.82) is 0 Å². The number of benzene rings is 6. The SMILES string of the molecule is CC1(C)c2ccccc2-c2ccc(N(c3ccc4c(c3)oc3ccccc34)c3cccc4c3C3(c5ccccc5-4)C4CC5CC(C4)CC3C5)cc21. The maximum absolute atomic E-state index is 6.57. The van der Waals surface area contributed by atoms with Gasteiger partial charge in [0, 0.05) is 39.0 Å². The molecule has 4 bridgehead atoms. The Kier molecular flexibility index (Phi) is 5.51. The van der Waals surface area contributed by atoms with E-state index in [0.717, 1.165) is 28.7 Å². The number of anilines is 3. The Morgan fingerprint density at radius 1 is 0.510 bits per heavy atom. The van der Waals surface area contributed by atoms with E-state index >= 15 is 0 Å². The van der Waals surface area contributed by atoms with Gasteiger partial charge in [-0.05, 0) is 137 Å². The van der Waals surface area contributed by atoms with Gasteiger partial charge in [-0.15, -0.1) is 0 Å². The van der Waals surface area contributed by atoms with Crippen molar-refractivity contribution >= 4 is 39.0 Å². The van der Waals surface area contributed by atoms with E-state index in [1.807, 2.05) is 0 Å². The number of hydrogen-bond acceptors (Lipinski definition) is 2. The molecule has 4 fully saturated rings. The summed E-state index contributed by atoms with van der Waals surface area (Å²) in [5, 5.41) is 2.34. The molecule has 7 aromatic rings. The predicted molar refractivity (Wildman–Crippen MR) is 209 cm³/mol. The van der Waals surface area contributed by atoms with Gasteiger partial charge in [0.1, 0.15) is 11.2 Å². The van der Waals surface area contributed by atoms with Gasteiger partial charge in [0.15, 0.2) is 0 Å². The molecule has 2 heteroatoms. The van der Waals surface area contributed by atoms with E-state index < -0.39 is 0 Å². The zero-order valence-corrected chi connectivity index (χ0v) is 29.3. The van der Waals surface area contributed by atoms with Gasteiger partial charge in [0.25, 0.3) is 0 Å². The first-order chi connectivity index (χ1) is 25.0. The van der Waals surface area contributed by atoms with E-state index in [0.29, 0.717) is 11.8 Å². The summed E-state index contributed by atoms with van der Waals surface area (Å²) < 4.78 is 6.57. The molecule has 1 heterocycles. The summed E-state index contributed by atoms with van der Waals surface area (Å²) in [6, 6.07) is 48.3. The maximum Gasteiger partial charge on any atom is 0.137 e. The van der Waals surface area contributed by atoms with Crippen molar-refractivity contribution in [3.8, 4) is 22.3 Å². The van der Waals surface area contributed by atoms with Crippen LogP contribution >= 0.6 is 0 Å². The first kappa shape index (κ1) is 28.6. The third-order valence-electron chi connectivity index (χ3n) is 14.2. The molecule has 1 aromatic heterocycles. The zero-order chi connectivity index (χ0) is 33.6. The largest absolute Gasteiger partial charge is 0.456 e. The van der Waals surface area contributed by atoms with E-state index in [-0.39, 0.29) is 10.8 Å². The highest BCUT2D eigenvalue weighted by molar-refractivity contribution is 6.06. The van der Waals surface area contributed by atoms with Crippen LogP contribution in [0, 0.1) is 23.7 Å². The summed E-state index contributed by atoms with van der Waals surface area (Å²) in [7, 11) is 0. The topological polar surface area (TPSA) is 16.4 Å². The van der Waals surface area contributed by atoms with Crippen molar-refractivity contribution in [1.82, 2.24) is 0 Å². The Bertz CT molecular complexity index is 2570. The lowest BCUT2D eigenvalue weighted by atomic mass is 9.43. The molecule has 51 heavy (non-hydrogen) atoms. The summed E-state index contributed by atoms with van der Waals surface area (Å²) in [4.78, 5) is 2.60. The van der Waals surface area contributed by atoms with Gasteiger partial charge < -0.3 is 9.32 Å². The van der Waals surface area contributed by atoms with Gasteiger partial charge >= 0.3 is 0 Å². The third kappa shape index (κ3) is 3.59. The van der Waals surface area contributed by atoms with Gasteiger partial charge in [0.2, 0.25) is 0 Å². The minimum atomic E-state index is -0.0895. The van der Waals surface area contributed by atoms with Crippen LogP contribution in [0.15, 0.2) is 132 Å². The molecule has 0 atom stereocenters. The van der Waals surface area contributed by atoms with Crippen molar-refractivity contribution in [2.75, 3.05) is 4.90 Å². The Labute approximate surface area is 299 Å². The van der Waals surface area contributed by atoms with Gasteiger partial charge in [-0.2, -0.15) is 0 Å². The third-order valence-corrected chi connectivity index (χ3v) is 14.2. The van der Waals surface area contributed by atoms with E-state index in [9.17, 15) is 0 Å². The smallest absolute Gasteiger partial charge is 0.137 e. The van der Waals surface area contributed by atoms with Crippen LogP contribution in [-0.2, 0) is 10.8 Å². The van der Waals surface area contributed by atoms with E-state index in [4.69, 9.17) is 4.42 Å². The van der Waals surface area contributed by atoms with Crippen molar-refractivity contribution in [2.24, 2.45) is 23.7 Å². The average molecular weight is 660 g/mol. The van der Waals surface area contributed by atoms with Crippen molar-refractivity contribution < 1.29 is 4.42 Å². The fraction of sp³-hybridized carbons (Fsp3) is 0.265. The number of para-hydroxylation sites is 1. The van der Waals surface area contributed by atoms with Gasteiger partial charge in [-0.25, -0.2) is 0 Å². The maximum atomic E-state index is 6.57. The molecule has 0 amide bonds. The van der Waals surface area contributed by atoms with Gasteiger partial charge in [-0.3, -0.25) is 0 Å². The van der Waals surface area contributed by atoms with Crippen LogP contribution in [0.5, 0.6) is 0 Å². The van der Waals surface area contributed by atoms with Crippen LogP contribution in [0.1, 0.15) is 68.2 Å². The molecule has 6 aliphatic rings. The van der Waals surface area contributed by atoms with Crippen LogP contribution in [-0.4, -0.2) is 0 Å². The molecule has 248 valence electrons. The van der Waals surface area contributed by atoms with Crippen LogP contribution in [0.2, 0.25) is 0 Å². The highest BCUT2D eigenvalue weighted by Gasteiger charge is 2.62. The molecule has 6 aliphatic carbocycles. The fourth-order valence-electron chi connectivity index (χ4n) is 12.5. The van der Waals surface area contributed by atoms with E-state index in [1.54, 1.807) is 11.1 Å². The molecule has 0 unspecified atom stereocenters. The van der Waals surface area contributed by atoms with E-state index in [1.165, 1.54) is 87.6 Å². The molecule has 0 aliphatic heterocycles. The van der Waals surface area contributed by atoms with Crippen molar-refractivity contribution in [2.45, 2.75) is 56.8 Å². The molecule has 13 rings (SSSR count). The van der Waals surface area contributed by atoms with E-state index in [2.05, 4.69) is 146 Å². The number of furan rings is 1. The quantitative estimate of drug-likeness (QED) is 0.188. The summed E-state index contributed by atoms with van der Waals surface area (Å²) in [6.07, 6.45) is 6.92. The number of rotatable bonds is 3. The highest BCUT2D eigenvalue weighted by atomic mass is 16.3. The number of nitrogens with zero attached hydrogens (tertiary/aromatic N) is 1. The average Bonchev–Trinajstić information content (AvgIpc) is 3.75. The zero-order valence-electron chi connectivity index (χ0n) is 29.3. The van der Waals surface area contributed by atoms with Crippen molar-refractivity contribution in [3.63, 3.8) is 0 Å². The Balaban J connectivity index is 1.14. The highest BCUT2D eigenvalue weighted by Crippen LogP contribution is 2.71. The van der Waals surface area contributed by atoms with Crippen LogP contribution in [0.4, 0.5) is 17.1 Å². The number of hydrogen-bond donors (Lipinski definition) is 0. The second-order valence-electron chi connectivity index (χ2n) is 16.9. The molecule has 4 saturated carbocycles. The minimum Gasteiger partial charge on any atom is -0.456 e. The first-order valence-corrected chi connectivity index (χ1v) is 19.2. The fourth-order valence-corrected chi connectivity index (χ4v) is 12.5. The standard InChI is InChI=1S/C49H41NO/c1-48(2)41-14-6-3-10-35(41)37-20-18-33(27-43(37)48)50(34-19-21-39-38-12-5-8-17-45(38)51-46(39)28-34)44-16-9-13-40-36-11-4-7-15-42(36)49(47(40)44)31-23-29-22-30(25-31)26-32(49)24-29/h3-21,27-32H,22-26H2,1-2H3. The Hall–Kier alpha value is -5.08. The molecular weight excluding hydrogens is 619 g/mol. The Morgan fingerprint density at radius 2 is 1.12 bits per heavy atom. The summed E-state index contributed by atoms with van der Waals surface area (Å²) in [5.41, 5.74) is 17.1. The summed E-state index contributed by atoms with van der Waals surface area (Å²) >= 11 is 0. The van der Waals surface area contributed by atoms with Crippen LogP contribution < -0.4 is 4.90 Å². The number of fused-ring (bicyclic) bond motifs is 9. The van der Waals surface area contributed by atoms with Crippen molar-refractivity contribution in [3.05, 3.63) is 150 Å². The lowest BCUT2D eigenvalue weighted by Gasteiger charge is -2.61.